The highest BCUT2D eigenvalue weighted by molar-refractivity contribution is 6.40. The summed E-state index contributed by atoms with van der Waals surface area (Å²) in [5.41, 5.74) is -0.312. The fourth-order valence-corrected chi connectivity index (χ4v) is 0.422. The van der Waals surface area contributed by atoms with Crippen molar-refractivity contribution in [1.29, 1.82) is 0 Å². The number of carbonyl (C=O) groups excluding carboxylic acids is 1. The molecule has 0 aliphatic carbocycles. The highest BCUT2D eigenvalue weighted by Gasteiger charge is 2.07. The van der Waals surface area contributed by atoms with E-state index in [1.165, 1.54) is 0 Å². The number of aliphatic hydroxyl groups is 1. The zero-order chi connectivity index (χ0) is 9.56. The summed E-state index contributed by atoms with van der Waals surface area (Å²) in [5.74, 6) is -1.05. The standard InChI is InChI=1S/C7H9NO4/c1-5(9)3-4-6(8-11)7(10)12-2/h3-4,9,11H,1H2,2H3/b4-3-,8-6?. The Morgan fingerprint density at radius 3 is 2.50 bits per heavy atom. The summed E-state index contributed by atoms with van der Waals surface area (Å²) in [5, 5.41) is 19.5. The number of hydrogen-bond donors (Lipinski definition) is 2. The number of esters is 1. The third kappa shape index (κ3) is 3.40. The number of aliphatic hydroxyl groups excluding tert-OH is 1. The van der Waals surface area contributed by atoms with E-state index < -0.39 is 5.97 Å². The molecule has 0 amide bonds. The van der Waals surface area contributed by atoms with Gasteiger partial charge in [-0.25, -0.2) is 4.79 Å². The molecule has 0 fully saturated rings. The van der Waals surface area contributed by atoms with Gasteiger partial charge in [-0.3, -0.25) is 0 Å². The van der Waals surface area contributed by atoms with Crippen molar-refractivity contribution in [2.24, 2.45) is 5.16 Å². The third-order valence-corrected chi connectivity index (χ3v) is 0.936. The molecule has 0 aromatic carbocycles. The number of nitrogens with zero attached hydrogens (tertiary/aromatic N) is 1. The first kappa shape index (κ1) is 10.2. The highest BCUT2D eigenvalue weighted by Crippen LogP contribution is 1.90. The molecule has 12 heavy (non-hydrogen) atoms. The van der Waals surface area contributed by atoms with Crippen LogP contribution in [0.4, 0.5) is 0 Å². The Balaban J connectivity index is 4.40. The molecule has 0 aromatic heterocycles. The van der Waals surface area contributed by atoms with Gasteiger partial charge in [-0.15, -0.1) is 0 Å². The molecule has 0 heterocycles. The van der Waals surface area contributed by atoms with Gasteiger partial charge in [0, 0.05) is 0 Å². The minimum Gasteiger partial charge on any atom is -0.509 e. The van der Waals surface area contributed by atoms with Crippen LogP contribution in [0.2, 0.25) is 0 Å². The topological polar surface area (TPSA) is 79.1 Å². The van der Waals surface area contributed by atoms with E-state index in [1.807, 2.05) is 0 Å². The van der Waals surface area contributed by atoms with E-state index >= 15 is 0 Å². The van der Waals surface area contributed by atoms with Crippen molar-refractivity contribution >= 4 is 11.7 Å². The fraction of sp³-hybridized carbons (Fsp3) is 0.143. The Hall–Kier alpha value is -1.78. The number of oxime groups is 1. The number of hydrogen-bond acceptors (Lipinski definition) is 5. The summed E-state index contributed by atoms with van der Waals surface area (Å²) in [4.78, 5) is 10.7. The van der Waals surface area contributed by atoms with Crippen LogP contribution in [0.1, 0.15) is 0 Å². The second-order valence-electron chi connectivity index (χ2n) is 1.80. The Bertz CT molecular complexity index is 242. The SMILES string of the molecule is C=C(O)/C=C\C(=NO)C(=O)OC. The summed E-state index contributed by atoms with van der Waals surface area (Å²) in [6.07, 6.45) is 2.18. The molecular formula is C7H9NO4. The fourth-order valence-electron chi connectivity index (χ4n) is 0.422. The van der Waals surface area contributed by atoms with Crippen molar-refractivity contribution < 1.29 is 19.8 Å². The van der Waals surface area contributed by atoms with Gasteiger partial charge in [0.15, 0.2) is 5.71 Å². The van der Waals surface area contributed by atoms with Crippen LogP contribution in [0.3, 0.4) is 0 Å². The molecule has 0 aliphatic heterocycles. The summed E-state index contributed by atoms with van der Waals surface area (Å²) < 4.78 is 4.24. The molecule has 0 radical (unpaired) electrons. The normalized spacial score (nSPS) is 11.6. The van der Waals surface area contributed by atoms with Gasteiger partial charge in [-0.05, 0) is 12.2 Å². The molecule has 0 spiro atoms. The summed E-state index contributed by atoms with van der Waals surface area (Å²) in [7, 11) is 1.15. The number of methoxy groups -OCH3 is 1. The second kappa shape index (κ2) is 4.95. The van der Waals surface area contributed by atoms with Crippen molar-refractivity contribution in [1.82, 2.24) is 0 Å². The summed E-state index contributed by atoms with van der Waals surface area (Å²) in [6, 6.07) is 0. The molecule has 2 N–H and O–H groups in total. The quantitative estimate of drug-likeness (QED) is 0.163. The van der Waals surface area contributed by atoms with E-state index in [4.69, 9.17) is 10.3 Å². The van der Waals surface area contributed by atoms with Crippen LogP contribution in [-0.2, 0) is 9.53 Å². The van der Waals surface area contributed by atoms with Crippen molar-refractivity contribution in [2.45, 2.75) is 0 Å². The smallest absolute Gasteiger partial charge is 0.360 e. The average molecular weight is 171 g/mol. The molecule has 0 unspecified atom stereocenters. The molecule has 5 nitrogen and oxygen atoms in total. The minimum atomic E-state index is -0.796. The molecular weight excluding hydrogens is 162 g/mol. The lowest BCUT2D eigenvalue weighted by Gasteiger charge is -1.94. The zero-order valence-electron chi connectivity index (χ0n) is 6.52. The predicted molar refractivity (Wildman–Crippen MR) is 42.1 cm³/mol. The van der Waals surface area contributed by atoms with Gasteiger partial charge in [0.1, 0.15) is 5.76 Å². The van der Waals surface area contributed by atoms with E-state index in [0.717, 1.165) is 19.3 Å². The van der Waals surface area contributed by atoms with Crippen molar-refractivity contribution in [3.63, 3.8) is 0 Å². The molecule has 0 atom stereocenters. The van der Waals surface area contributed by atoms with Crippen molar-refractivity contribution in [2.75, 3.05) is 7.11 Å². The van der Waals surface area contributed by atoms with Crippen LogP contribution in [0.15, 0.2) is 29.6 Å². The van der Waals surface area contributed by atoms with Crippen LogP contribution in [0, 0.1) is 0 Å². The maximum Gasteiger partial charge on any atom is 0.360 e. The Labute approximate surface area is 69.3 Å². The van der Waals surface area contributed by atoms with Crippen LogP contribution in [-0.4, -0.2) is 29.1 Å². The lowest BCUT2D eigenvalue weighted by Crippen LogP contribution is -2.13. The van der Waals surface area contributed by atoms with Crippen molar-refractivity contribution in [3.05, 3.63) is 24.5 Å². The molecule has 0 bridgehead atoms. The largest absolute Gasteiger partial charge is 0.509 e. The van der Waals surface area contributed by atoms with Gasteiger partial charge >= 0.3 is 5.97 Å². The summed E-state index contributed by atoms with van der Waals surface area (Å²) >= 11 is 0. The van der Waals surface area contributed by atoms with E-state index in [9.17, 15) is 4.79 Å². The molecule has 0 saturated carbocycles. The molecule has 0 aromatic rings. The predicted octanol–water partition coefficient (Wildman–Crippen LogP) is 0.617. The van der Waals surface area contributed by atoms with Crippen molar-refractivity contribution in [3.8, 4) is 0 Å². The van der Waals surface area contributed by atoms with E-state index in [-0.39, 0.29) is 11.5 Å². The zero-order valence-corrected chi connectivity index (χ0v) is 6.52. The lowest BCUT2D eigenvalue weighted by atomic mass is 10.3. The van der Waals surface area contributed by atoms with Gasteiger partial charge in [-0.1, -0.05) is 11.7 Å². The van der Waals surface area contributed by atoms with E-state index in [2.05, 4.69) is 16.5 Å². The molecule has 66 valence electrons. The molecule has 0 saturated heterocycles. The van der Waals surface area contributed by atoms with Crippen LogP contribution >= 0.6 is 0 Å². The third-order valence-electron chi connectivity index (χ3n) is 0.936. The molecule has 0 aliphatic rings. The van der Waals surface area contributed by atoms with E-state index in [1.54, 1.807) is 0 Å². The van der Waals surface area contributed by atoms with Gasteiger partial charge in [0.25, 0.3) is 0 Å². The number of ether oxygens (including phenoxy) is 1. The number of allylic oxidation sites excluding steroid dienone is 1. The Morgan fingerprint density at radius 1 is 1.58 bits per heavy atom. The van der Waals surface area contributed by atoms with Gasteiger partial charge in [0.05, 0.1) is 7.11 Å². The maximum atomic E-state index is 10.7. The summed E-state index contributed by atoms with van der Waals surface area (Å²) in [6.45, 7) is 3.13. The number of carbonyl (C=O) groups is 1. The Kier molecular flexibility index (Phi) is 4.21. The van der Waals surface area contributed by atoms with Gasteiger partial charge < -0.3 is 15.1 Å². The van der Waals surface area contributed by atoms with Gasteiger partial charge in [-0.2, -0.15) is 0 Å². The monoisotopic (exact) mass is 171 g/mol. The van der Waals surface area contributed by atoms with Gasteiger partial charge in [0.2, 0.25) is 0 Å². The minimum absolute atomic E-state index is 0.250. The van der Waals surface area contributed by atoms with E-state index in [0.29, 0.717) is 0 Å². The maximum absolute atomic E-state index is 10.7. The first-order chi connectivity index (χ1) is 5.61. The van der Waals surface area contributed by atoms with Crippen LogP contribution in [0.5, 0.6) is 0 Å². The van der Waals surface area contributed by atoms with Crippen LogP contribution < -0.4 is 0 Å². The molecule has 0 rings (SSSR count). The Morgan fingerprint density at radius 2 is 2.17 bits per heavy atom. The average Bonchev–Trinajstić information content (AvgIpc) is 2.04. The lowest BCUT2D eigenvalue weighted by molar-refractivity contribution is -0.132. The first-order valence-corrected chi connectivity index (χ1v) is 2.98. The highest BCUT2D eigenvalue weighted by atomic mass is 16.5. The van der Waals surface area contributed by atoms with Crippen LogP contribution in [0.25, 0.3) is 0 Å². The number of rotatable bonds is 3. The molecule has 5 heteroatoms. The second-order valence-corrected chi connectivity index (χ2v) is 1.80. The first-order valence-electron chi connectivity index (χ1n) is 2.98.